The lowest BCUT2D eigenvalue weighted by molar-refractivity contribution is 0.560. The molecule has 0 aromatic carbocycles. The first-order chi connectivity index (χ1) is 9.31. The van der Waals surface area contributed by atoms with E-state index in [0.717, 1.165) is 24.3 Å². The Bertz CT molecular complexity index is 483. The number of nitrogens with zero attached hydrogens (tertiary/aromatic N) is 2. The van der Waals surface area contributed by atoms with E-state index in [2.05, 4.69) is 33.7 Å². The molecule has 0 aliphatic rings. The number of nitrogens with one attached hydrogen (secondary N) is 2. The van der Waals surface area contributed by atoms with Crippen molar-refractivity contribution in [3.63, 3.8) is 0 Å². The lowest BCUT2D eigenvalue weighted by atomic mass is 10.1. The summed E-state index contributed by atoms with van der Waals surface area (Å²) in [5, 5.41) is 10.7. The molecule has 1 atom stereocenters. The summed E-state index contributed by atoms with van der Waals surface area (Å²) in [6.45, 7) is 4.12. The van der Waals surface area contributed by atoms with Gasteiger partial charge in [0, 0.05) is 30.1 Å². The van der Waals surface area contributed by atoms with Gasteiger partial charge in [-0.2, -0.15) is 16.9 Å². The number of hydrogen-bond donors (Lipinski definition) is 2. The fraction of sp³-hybridized carbons (Fsp3) is 0.429. The molecule has 0 amide bonds. The summed E-state index contributed by atoms with van der Waals surface area (Å²) >= 11 is 1.89. The van der Waals surface area contributed by atoms with Crippen molar-refractivity contribution in [3.05, 3.63) is 36.3 Å². The summed E-state index contributed by atoms with van der Waals surface area (Å²) in [5.74, 6) is 1.87. The molecular weight excluding hydrogens is 256 g/mol. The monoisotopic (exact) mass is 276 g/mol. The Morgan fingerprint density at radius 2 is 2.32 bits per heavy atom. The van der Waals surface area contributed by atoms with E-state index < -0.39 is 0 Å². The lowest BCUT2D eigenvalue weighted by Crippen LogP contribution is -2.22. The van der Waals surface area contributed by atoms with Gasteiger partial charge in [-0.05, 0) is 36.6 Å². The van der Waals surface area contributed by atoms with Crippen LogP contribution in [0.1, 0.15) is 12.5 Å². The number of hydrogen-bond acceptors (Lipinski definition) is 4. The van der Waals surface area contributed by atoms with E-state index >= 15 is 0 Å². The molecule has 2 N–H and O–H groups in total. The minimum Gasteiger partial charge on any atom is -0.312 e. The molecule has 1 unspecified atom stereocenters. The third-order valence-corrected chi connectivity index (χ3v) is 3.83. The van der Waals surface area contributed by atoms with Crippen molar-refractivity contribution >= 4 is 11.8 Å². The van der Waals surface area contributed by atoms with E-state index in [-0.39, 0.29) is 0 Å². The number of aromatic amines is 1. The van der Waals surface area contributed by atoms with Gasteiger partial charge >= 0.3 is 0 Å². The fourth-order valence-electron chi connectivity index (χ4n) is 2.00. The Morgan fingerprint density at radius 3 is 3.05 bits per heavy atom. The van der Waals surface area contributed by atoms with Crippen molar-refractivity contribution in [1.29, 1.82) is 0 Å². The summed E-state index contributed by atoms with van der Waals surface area (Å²) in [5.41, 5.74) is 3.32. The second-order valence-electron chi connectivity index (χ2n) is 4.70. The van der Waals surface area contributed by atoms with Crippen LogP contribution in [0, 0.1) is 5.92 Å². The molecule has 5 heteroatoms. The molecule has 0 aliphatic heterocycles. The van der Waals surface area contributed by atoms with Crippen LogP contribution < -0.4 is 5.32 Å². The van der Waals surface area contributed by atoms with E-state index in [0.29, 0.717) is 5.92 Å². The third-order valence-electron chi connectivity index (χ3n) is 2.93. The zero-order chi connectivity index (χ0) is 13.5. The Labute approximate surface area is 118 Å². The second-order valence-corrected chi connectivity index (χ2v) is 5.61. The number of aromatic nitrogens is 3. The molecular formula is C14H20N4S. The maximum absolute atomic E-state index is 4.14. The number of rotatable bonds is 7. The normalized spacial score (nSPS) is 12.5. The van der Waals surface area contributed by atoms with Crippen LogP contribution in [0.15, 0.2) is 30.7 Å². The van der Waals surface area contributed by atoms with Gasteiger partial charge in [-0.1, -0.05) is 6.92 Å². The highest BCUT2D eigenvalue weighted by molar-refractivity contribution is 7.98. The number of pyridine rings is 1. The first kappa shape index (κ1) is 14.1. The molecule has 2 rings (SSSR count). The molecule has 2 aromatic heterocycles. The highest BCUT2D eigenvalue weighted by Gasteiger charge is 2.08. The van der Waals surface area contributed by atoms with Crippen molar-refractivity contribution in [2.24, 2.45) is 5.92 Å². The largest absolute Gasteiger partial charge is 0.312 e. The van der Waals surface area contributed by atoms with E-state index in [1.807, 2.05) is 36.3 Å². The average Bonchev–Trinajstić information content (AvgIpc) is 2.88. The Balaban J connectivity index is 1.94. The quantitative estimate of drug-likeness (QED) is 0.816. The predicted octanol–water partition coefficient (Wildman–Crippen LogP) is 2.56. The third kappa shape index (κ3) is 4.08. The van der Waals surface area contributed by atoms with Crippen LogP contribution in [-0.4, -0.2) is 33.7 Å². The molecule has 0 radical (unpaired) electrons. The van der Waals surface area contributed by atoms with Gasteiger partial charge < -0.3 is 5.32 Å². The average molecular weight is 276 g/mol. The summed E-state index contributed by atoms with van der Waals surface area (Å²) < 4.78 is 0. The van der Waals surface area contributed by atoms with Gasteiger partial charge in [0.05, 0.1) is 11.9 Å². The molecule has 0 saturated heterocycles. The Morgan fingerprint density at radius 1 is 1.42 bits per heavy atom. The smallest absolute Gasteiger partial charge is 0.0710 e. The van der Waals surface area contributed by atoms with Crippen molar-refractivity contribution in [2.75, 3.05) is 18.6 Å². The molecule has 0 fully saturated rings. The van der Waals surface area contributed by atoms with Gasteiger partial charge in [-0.15, -0.1) is 0 Å². The van der Waals surface area contributed by atoms with Crippen LogP contribution in [0.4, 0.5) is 0 Å². The van der Waals surface area contributed by atoms with Gasteiger partial charge in [-0.25, -0.2) is 0 Å². The van der Waals surface area contributed by atoms with Crippen molar-refractivity contribution in [1.82, 2.24) is 20.5 Å². The summed E-state index contributed by atoms with van der Waals surface area (Å²) in [7, 11) is 0. The highest BCUT2D eigenvalue weighted by Crippen LogP contribution is 2.19. The topological polar surface area (TPSA) is 53.6 Å². The van der Waals surface area contributed by atoms with Gasteiger partial charge in [0.2, 0.25) is 0 Å². The molecule has 19 heavy (non-hydrogen) atoms. The first-order valence-electron chi connectivity index (χ1n) is 6.43. The second kappa shape index (κ2) is 7.31. The van der Waals surface area contributed by atoms with Crippen LogP contribution in [-0.2, 0) is 6.54 Å². The summed E-state index contributed by atoms with van der Waals surface area (Å²) in [4.78, 5) is 4.14. The van der Waals surface area contributed by atoms with E-state index in [1.54, 1.807) is 6.20 Å². The van der Waals surface area contributed by atoms with E-state index in [1.165, 1.54) is 11.3 Å². The lowest BCUT2D eigenvalue weighted by Gasteiger charge is -2.11. The minimum absolute atomic E-state index is 0.684. The zero-order valence-corrected chi connectivity index (χ0v) is 12.2. The summed E-state index contributed by atoms with van der Waals surface area (Å²) in [6, 6.07) is 3.98. The summed E-state index contributed by atoms with van der Waals surface area (Å²) in [6.07, 6.45) is 7.66. The van der Waals surface area contributed by atoms with Crippen molar-refractivity contribution < 1.29 is 0 Å². The standard InChI is InChI=1S/C14H20N4S/c1-11(10-19-2)6-16-8-13-9-17-18-14(13)12-4-3-5-15-7-12/h3-5,7,9,11,16H,6,8,10H2,1-2H3,(H,17,18). The molecule has 2 heterocycles. The number of H-pyrrole nitrogens is 1. The molecule has 0 saturated carbocycles. The van der Waals surface area contributed by atoms with Crippen LogP contribution in [0.3, 0.4) is 0 Å². The van der Waals surface area contributed by atoms with Gasteiger partial charge in [0.1, 0.15) is 0 Å². The Hall–Kier alpha value is -1.33. The Kier molecular flexibility index (Phi) is 5.42. The van der Waals surface area contributed by atoms with Gasteiger partial charge in [-0.3, -0.25) is 10.1 Å². The van der Waals surface area contributed by atoms with Gasteiger partial charge in [0.25, 0.3) is 0 Å². The van der Waals surface area contributed by atoms with Crippen LogP contribution in [0.25, 0.3) is 11.3 Å². The maximum atomic E-state index is 4.14. The van der Waals surface area contributed by atoms with E-state index in [4.69, 9.17) is 0 Å². The fourth-order valence-corrected chi connectivity index (χ4v) is 2.69. The van der Waals surface area contributed by atoms with Gasteiger partial charge in [0.15, 0.2) is 0 Å². The van der Waals surface area contributed by atoms with Crippen LogP contribution in [0.5, 0.6) is 0 Å². The molecule has 0 bridgehead atoms. The van der Waals surface area contributed by atoms with Crippen molar-refractivity contribution in [2.45, 2.75) is 13.5 Å². The SMILES string of the molecule is CSCC(C)CNCc1cn[nH]c1-c1cccnc1. The van der Waals surface area contributed by atoms with Crippen LogP contribution in [0.2, 0.25) is 0 Å². The molecule has 4 nitrogen and oxygen atoms in total. The number of thioether (sulfide) groups is 1. The molecule has 0 aliphatic carbocycles. The molecule has 0 spiro atoms. The zero-order valence-electron chi connectivity index (χ0n) is 11.4. The first-order valence-corrected chi connectivity index (χ1v) is 7.83. The minimum atomic E-state index is 0.684. The predicted molar refractivity (Wildman–Crippen MR) is 81.1 cm³/mol. The van der Waals surface area contributed by atoms with Crippen molar-refractivity contribution in [3.8, 4) is 11.3 Å². The molecule has 102 valence electrons. The van der Waals surface area contributed by atoms with Crippen LogP contribution >= 0.6 is 11.8 Å². The molecule has 2 aromatic rings. The maximum Gasteiger partial charge on any atom is 0.0710 e. The van der Waals surface area contributed by atoms with E-state index in [9.17, 15) is 0 Å². The highest BCUT2D eigenvalue weighted by atomic mass is 32.2.